The van der Waals surface area contributed by atoms with Crippen LogP contribution in [0.5, 0.6) is 0 Å². The second kappa shape index (κ2) is 1.35. The van der Waals surface area contributed by atoms with Gasteiger partial charge in [0.2, 0.25) is 0 Å². The first kappa shape index (κ1) is 5.09. The largest absolute Gasteiger partial charge is 0.455 e. The van der Waals surface area contributed by atoms with Crippen molar-refractivity contribution in [2.45, 2.75) is 24.4 Å². The lowest BCUT2D eigenvalue weighted by Crippen LogP contribution is -2.22. The smallest absolute Gasteiger partial charge is 0.338 e. The Hall–Kier alpha value is -0.610. The summed E-state index contributed by atoms with van der Waals surface area (Å²) in [5.41, 5.74) is 0. The van der Waals surface area contributed by atoms with Crippen molar-refractivity contribution in [2.24, 2.45) is 0 Å². The van der Waals surface area contributed by atoms with E-state index in [2.05, 4.69) is 0 Å². The minimum absolute atomic E-state index is 0.0139. The number of esters is 1. The van der Waals surface area contributed by atoms with Gasteiger partial charge < -0.3 is 14.2 Å². The zero-order valence-corrected chi connectivity index (χ0v) is 5.15. The van der Waals surface area contributed by atoms with Gasteiger partial charge in [-0.25, -0.2) is 4.79 Å². The lowest BCUT2D eigenvalue weighted by molar-refractivity contribution is -0.150. The quantitative estimate of drug-likeness (QED) is 0.351. The van der Waals surface area contributed by atoms with Crippen molar-refractivity contribution in [1.82, 2.24) is 0 Å². The minimum atomic E-state index is -0.255. The molecule has 0 spiro atoms. The van der Waals surface area contributed by atoms with Gasteiger partial charge in [-0.1, -0.05) is 0 Å². The van der Waals surface area contributed by atoms with Gasteiger partial charge in [-0.05, 0) is 0 Å². The summed E-state index contributed by atoms with van der Waals surface area (Å²) in [5, 5.41) is 0. The topological polar surface area (TPSA) is 51.4 Å². The number of hydrogen-bond acceptors (Lipinski definition) is 4. The summed E-state index contributed by atoms with van der Waals surface area (Å²) in [6.07, 6.45) is -0.215. The summed E-state index contributed by atoms with van der Waals surface area (Å²) in [4.78, 5) is 10.8. The standard InChI is InChI=1S/C6H6O4/c7-6-5-4(9-5)3(10-6)2-1-8-2/h2-5H,1H2/t2-,3-,4+,5+/m1/s1. The van der Waals surface area contributed by atoms with Crippen molar-refractivity contribution in [3.05, 3.63) is 0 Å². The van der Waals surface area contributed by atoms with Crippen molar-refractivity contribution >= 4 is 5.97 Å². The summed E-state index contributed by atoms with van der Waals surface area (Å²) in [6.45, 7) is 0.713. The van der Waals surface area contributed by atoms with E-state index < -0.39 is 0 Å². The van der Waals surface area contributed by atoms with Gasteiger partial charge in [-0.15, -0.1) is 0 Å². The maximum Gasteiger partial charge on any atom is 0.338 e. The number of cyclic esters (lactones) is 1. The van der Waals surface area contributed by atoms with Crippen molar-refractivity contribution in [2.75, 3.05) is 6.61 Å². The van der Waals surface area contributed by atoms with Crippen molar-refractivity contribution in [1.29, 1.82) is 0 Å². The number of rotatable bonds is 1. The zero-order valence-electron chi connectivity index (χ0n) is 5.15. The number of fused-ring (bicyclic) bond motifs is 1. The van der Waals surface area contributed by atoms with Gasteiger partial charge in [-0.3, -0.25) is 0 Å². The molecule has 3 heterocycles. The van der Waals surface area contributed by atoms with Crippen molar-refractivity contribution < 1.29 is 19.0 Å². The van der Waals surface area contributed by atoms with Gasteiger partial charge in [0.05, 0.1) is 6.61 Å². The van der Waals surface area contributed by atoms with Crippen LogP contribution in [-0.2, 0) is 19.0 Å². The van der Waals surface area contributed by atoms with E-state index >= 15 is 0 Å². The minimum Gasteiger partial charge on any atom is -0.455 e. The number of carbonyl (C=O) groups excluding carboxylic acids is 1. The summed E-state index contributed by atoms with van der Waals surface area (Å²) in [6, 6.07) is 0. The highest BCUT2D eigenvalue weighted by Gasteiger charge is 2.63. The molecule has 0 bridgehead atoms. The van der Waals surface area contributed by atoms with Crippen molar-refractivity contribution in [3.63, 3.8) is 0 Å². The molecule has 4 nitrogen and oxygen atoms in total. The molecule has 10 heavy (non-hydrogen) atoms. The van der Waals surface area contributed by atoms with Crippen LogP contribution in [0.25, 0.3) is 0 Å². The lowest BCUT2D eigenvalue weighted by Gasteiger charge is -2.06. The van der Waals surface area contributed by atoms with E-state index in [0.29, 0.717) is 6.61 Å². The van der Waals surface area contributed by atoms with Crippen LogP contribution in [0, 0.1) is 0 Å². The first-order valence-electron chi connectivity index (χ1n) is 3.34. The maximum absolute atomic E-state index is 10.8. The molecule has 0 radical (unpaired) electrons. The Morgan fingerprint density at radius 2 is 2.20 bits per heavy atom. The Morgan fingerprint density at radius 3 is 2.60 bits per heavy atom. The monoisotopic (exact) mass is 142 g/mol. The predicted octanol–water partition coefficient (Wildman–Crippen LogP) is -0.922. The molecule has 0 N–H and O–H groups in total. The third-order valence-corrected chi connectivity index (χ3v) is 2.06. The molecule has 3 aliphatic rings. The molecule has 54 valence electrons. The molecule has 4 atom stereocenters. The molecule has 0 saturated carbocycles. The van der Waals surface area contributed by atoms with E-state index in [4.69, 9.17) is 14.2 Å². The van der Waals surface area contributed by atoms with Crippen LogP contribution in [0.15, 0.2) is 0 Å². The lowest BCUT2D eigenvalue weighted by atomic mass is 10.2. The van der Waals surface area contributed by atoms with E-state index in [-0.39, 0.29) is 30.4 Å². The molecule has 0 aliphatic carbocycles. The number of carbonyl (C=O) groups is 1. The Labute approximate surface area is 57.0 Å². The van der Waals surface area contributed by atoms with Crippen molar-refractivity contribution in [3.8, 4) is 0 Å². The molecule has 0 unspecified atom stereocenters. The molecule has 3 saturated heterocycles. The second-order valence-corrected chi connectivity index (χ2v) is 2.79. The van der Waals surface area contributed by atoms with Crippen LogP contribution in [0.4, 0.5) is 0 Å². The van der Waals surface area contributed by atoms with Crippen LogP contribution >= 0.6 is 0 Å². The number of ether oxygens (including phenoxy) is 3. The zero-order chi connectivity index (χ0) is 6.72. The molecular formula is C6H6O4. The average Bonchev–Trinajstić information content (AvgIpc) is 2.81. The maximum atomic E-state index is 10.8. The van der Waals surface area contributed by atoms with Crippen LogP contribution in [0.3, 0.4) is 0 Å². The summed E-state index contributed by atoms with van der Waals surface area (Å²) in [7, 11) is 0. The molecule has 0 aromatic rings. The highest BCUT2D eigenvalue weighted by molar-refractivity contribution is 5.81. The summed E-state index contributed by atoms with van der Waals surface area (Å²) < 4.78 is 15.0. The highest BCUT2D eigenvalue weighted by Crippen LogP contribution is 2.40. The molecule has 4 heteroatoms. The molecular weight excluding hydrogens is 136 g/mol. The Morgan fingerprint density at radius 1 is 1.40 bits per heavy atom. The number of hydrogen-bond donors (Lipinski definition) is 0. The van der Waals surface area contributed by atoms with Crippen LogP contribution in [0.2, 0.25) is 0 Å². The first-order chi connectivity index (χ1) is 4.86. The third-order valence-electron chi connectivity index (χ3n) is 2.06. The molecule has 0 aromatic heterocycles. The SMILES string of the molecule is O=C1O[C@H]([C@H]2CO2)[C@@H]2O[C@H]12. The van der Waals surface area contributed by atoms with Gasteiger partial charge in [0.25, 0.3) is 0 Å². The Kier molecular flexibility index (Phi) is 0.690. The fourth-order valence-electron chi connectivity index (χ4n) is 1.36. The molecule has 0 aromatic carbocycles. The van der Waals surface area contributed by atoms with E-state index in [0.717, 1.165) is 0 Å². The van der Waals surface area contributed by atoms with Gasteiger partial charge in [0.1, 0.15) is 12.2 Å². The van der Waals surface area contributed by atoms with Gasteiger partial charge in [0, 0.05) is 0 Å². The van der Waals surface area contributed by atoms with E-state index in [1.54, 1.807) is 0 Å². The van der Waals surface area contributed by atoms with Crippen LogP contribution in [-0.4, -0.2) is 37.0 Å². The Bertz CT molecular complexity index is 198. The molecule has 3 aliphatic heterocycles. The van der Waals surface area contributed by atoms with E-state index in [1.807, 2.05) is 0 Å². The van der Waals surface area contributed by atoms with Gasteiger partial charge in [0.15, 0.2) is 12.2 Å². The fourth-order valence-corrected chi connectivity index (χ4v) is 1.36. The molecule has 3 rings (SSSR count). The third kappa shape index (κ3) is 0.507. The average molecular weight is 142 g/mol. The normalized spacial score (nSPS) is 55.8. The Balaban J connectivity index is 1.82. The predicted molar refractivity (Wildman–Crippen MR) is 28.3 cm³/mol. The number of epoxide rings is 2. The first-order valence-corrected chi connectivity index (χ1v) is 3.34. The highest BCUT2D eigenvalue weighted by atomic mass is 16.7. The summed E-state index contributed by atoms with van der Waals surface area (Å²) >= 11 is 0. The van der Waals surface area contributed by atoms with Gasteiger partial charge >= 0.3 is 5.97 Å². The van der Waals surface area contributed by atoms with Crippen LogP contribution < -0.4 is 0 Å². The van der Waals surface area contributed by atoms with Crippen LogP contribution in [0.1, 0.15) is 0 Å². The summed E-state index contributed by atoms with van der Waals surface area (Å²) in [5.74, 6) is -0.217. The van der Waals surface area contributed by atoms with Gasteiger partial charge in [-0.2, -0.15) is 0 Å². The van der Waals surface area contributed by atoms with E-state index in [1.165, 1.54) is 0 Å². The fraction of sp³-hybridized carbons (Fsp3) is 0.833. The second-order valence-electron chi connectivity index (χ2n) is 2.79. The van der Waals surface area contributed by atoms with E-state index in [9.17, 15) is 4.79 Å². The molecule has 3 fully saturated rings. The molecule has 0 amide bonds.